The fraction of sp³-hybridized carbons (Fsp3) is 0.917. The Labute approximate surface area is 91.1 Å². The Balaban J connectivity index is 2.10. The Morgan fingerprint density at radius 3 is 2.60 bits per heavy atom. The van der Waals surface area contributed by atoms with E-state index in [-0.39, 0.29) is 11.2 Å². The maximum atomic E-state index is 10.8. The van der Waals surface area contributed by atoms with Crippen LogP contribution in [-0.4, -0.2) is 25.3 Å². The highest BCUT2D eigenvalue weighted by atomic mass is 16.7. The van der Waals surface area contributed by atoms with Crippen LogP contribution >= 0.6 is 0 Å². The zero-order valence-electron chi connectivity index (χ0n) is 9.46. The van der Waals surface area contributed by atoms with E-state index in [9.17, 15) is 4.79 Å². The molecule has 0 radical (unpaired) electrons. The molecule has 1 heterocycles. The van der Waals surface area contributed by atoms with Crippen molar-refractivity contribution in [1.82, 2.24) is 0 Å². The van der Waals surface area contributed by atoms with Gasteiger partial charge in [0.15, 0.2) is 5.79 Å². The number of ether oxygens (including phenoxy) is 2. The molecule has 1 saturated heterocycles. The lowest BCUT2D eigenvalue weighted by Gasteiger charge is -2.43. The summed E-state index contributed by atoms with van der Waals surface area (Å²) < 4.78 is 11.5. The second-order valence-electron chi connectivity index (χ2n) is 4.86. The van der Waals surface area contributed by atoms with E-state index in [1.807, 2.05) is 0 Å². The predicted octanol–water partition coefficient (Wildman–Crippen LogP) is 2.29. The normalized spacial score (nSPS) is 34.5. The van der Waals surface area contributed by atoms with Crippen molar-refractivity contribution in [3.63, 3.8) is 0 Å². The molecule has 1 atom stereocenters. The van der Waals surface area contributed by atoms with E-state index in [1.165, 1.54) is 0 Å². The number of carbonyl (C=O) groups excluding carboxylic acids is 1. The number of hydrogen-bond acceptors (Lipinski definition) is 3. The van der Waals surface area contributed by atoms with Crippen molar-refractivity contribution in [3.8, 4) is 0 Å². The summed E-state index contributed by atoms with van der Waals surface area (Å²) in [5.41, 5.74) is 0.129. The quantitative estimate of drug-likeness (QED) is 0.673. The molecule has 1 unspecified atom stereocenters. The molecule has 2 rings (SSSR count). The van der Waals surface area contributed by atoms with Crippen molar-refractivity contribution in [2.75, 3.05) is 13.2 Å². The maximum absolute atomic E-state index is 10.8. The van der Waals surface area contributed by atoms with Crippen LogP contribution in [0.4, 0.5) is 0 Å². The first-order valence-electron chi connectivity index (χ1n) is 5.96. The van der Waals surface area contributed by atoms with Crippen molar-refractivity contribution in [2.45, 2.75) is 51.2 Å². The van der Waals surface area contributed by atoms with Gasteiger partial charge in [0.25, 0.3) is 0 Å². The van der Waals surface area contributed by atoms with Gasteiger partial charge in [-0.05, 0) is 24.7 Å². The van der Waals surface area contributed by atoms with Crippen molar-refractivity contribution in [3.05, 3.63) is 0 Å². The standard InChI is InChI=1S/C12H20O3/c1-2-11(6-7-13)4-3-5-12(10-11)14-8-9-15-12/h7H,2-6,8-10H2,1H3. The van der Waals surface area contributed by atoms with Crippen LogP contribution in [-0.2, 0) is 14.3 Å². The summed E-state index contributed by atoms with van der Waals surface area (Å²) in [4.78, 5) is 10.8. The molecule has 3 nitrogen and oxygen atoms in total. The van der Waals surface area contributed by atoms with Crippen LogP contribution in [0.5, 0.6) is 0 Å². The molecule has 86 valence electrons. The van der Waals surface area contributed by atoms with E-state index >= 15 is 0 Å². The lowest BCUT2D eigenvalue weighted by atomic mass is 9.68. The van der Waals surface area contributed by atoms with Crippen LogP contribution in [0.25, 0.3) is 0 Å². The molecule has 0 N–H and O–H groups in total. The first-order valence-corrected chi connectivity index (χ1v) is 5.96. The fourth-order valence-electron chi connectivity index (χ4n) is 3.02. The lowest BCUT2D eigenvalue weighted by molar-refractivity contribution is -0.203. The summed E-state index contributed by atoms with van der Waals surface area (Å²) in [6.45, 7) is 3.58. The Hall–Kier alpha value is -0.410. The third-order valence-corrected chi connectivity index (χ3v) is 3.99. The summed E-state index contributed by atoms with van der Waals surface area (Å²) >= 11 is 0. The summed E-state index contributed by atoms with van der Waals surface area (Å²) in [5, 5.41) is 0. The molecule has 0 aromatic rings. The van der Waals surface area contributed by atoms with Gasteiger partial charge < -0.3 is 14.3 Å². The van der Waals surface area contributed by atoms with Crippen LogP contribution < -0.4 is 0 Å². The van der Waals surface area contributed by atoms with Crippen molar-refractivity contribution >= 4 is 6.29 Å². The summed E-state index contributed by atoms with van der Waals surface area (Å²) in [7, 11) is 0. The first-order chi connectivity index (χ1) is 7.24. The third-order valence-electron chi connectivity index (χ3n) is 3.99. The van der Waals surface area contributed by atoms with Gasteiger partial charge in [-0.2, -0.15) is 0 Å². The molecule has 0 amide bonds. The van der Waals surface area contributed by atoms with Crippen molar-refractivity contribution in [1.29, 1.82) is 0 Å². The van der Waals surface area contributed by atoms with E-state index in [0.29, 0.717) is 19.6 Å². The Kier molecular flexibility index (Phi) is 3.12. The number of hydrogen-bond donors (Lipinski definition) is 0. The molecule has 1 aliphatic carbocycles. The van der Waals surface area contributed by atoms with Gasteiger partial charge in [0.05, 0.1) is 13.2 Å². The molecule has 0 aromatic carbocycles. The van der Waals surface area contributed by atoms with Gasteiger partial charge in [-0.3, -0.25) is 0 Å². The highest BCUT2D eigenvalue weighted by molar-refractivity contribution is 5.50. The smallest absolute Gasteiger partial charge is 0.169 e. The van der Waals surface area contributed by atoms with E-state index in [4.69, 9.17) is 9.47 Å². The highest BCUT2D eigenvalue weighted by Gasteiger charge is 2.47. The average molecular weight is 212 g/mol. The molecule has 2 fully saturated rings. The molecular formula is C12H20O3. The molecule has 15 heavy (non-hydrogen) atoms. The zero-order valence-corrected chi connectivity index (χ0v) is 9.46. The van der Waals surface area contributed by atoms with Gasteiger partial charge in [0.2, 0.25) is 0 Å². The molecule has 0 aromatic heterocycles. The maximum Gasteiger partial charge on any atom is 0.169 e. The van der Waals surface area contributed by atoms with Gasteiger partial charge in [-0.1, -0.05) is 6.92 Å². The number of rotatable bonds is 3. The monoisotopic (exact) mass is 212 g/mol. The molecule has 1 spiro atoms. The zero-order chi connectivity index (χ0) is 10.8. The SMILES string of the molecule is CCC1(CC=O)CCCC2(C1)OCCO2. The summed E-state index contributed by atoms with van der Waals surface area (Å²) in [5.74, 6) is -0.350. The van der Waals surface area contributed by atoms with E-state index in [1.54, 1.807) is 0 Å². The first kappa shape index (κ1) is 11.1. The van der Waals surface area contributed by atoms with Crippen LogP contribution in [0.3, 0.4) is 0 Å². The molecule has 2 aliphatic rings. The Morgan fingerprint density at radius 1 is 1.27 bits per heavy atom. The third kappa shape index (κ3) is 2.08. The van der Waals surface area contributed by atoms with Gasteiger partial charge >= 0.3 is 0 Å². The highest BCUT2D eigenvalue weighted by Crippen LogP contribution is 2.48. The van der Waals surface area contributed by atoms with E-state index < -0.39 is 0 Å². The van der Waals surface area contributed by atoms with Crippen LogP contribution in [0, 0.1) is 5.41 Å². The minimum Gasteiger partial charge on any atom is -0.348 e. The summed E-state index contributed by atoms with van der Waals surface area (Å²) in [6, 6.07) is 0. The minimum atomic E-state index is -0.350. The van der Waals surface area contributed by atoms with Crippen LogP contribution in [0.2, 0.25) is 0 Å². The van der Waals surface area contributed by atoms with Gasteiger partial charge in [0, 0.05) is 19.3 Å². The largest absolute Gasteiger partial charge is 0.348 e. The molecular weight excluding hydrogens is 192 g/mol. The van der Waals surface area contributed by atoms with Gasteiger partial charge in [-0.15, -0.1) is 0 Å². The van der Waals surface area contributed by atoms with Crippen LogP contribution in [0.1, 0.15) is 45.4 Å². The number of aldehydes is 1. The second-order valence-corrected chi connectivity index (χ2v) is 4.86. The fourth-order valence-corrected chi connectivity index (χ4v) is 3.02. The lowest BCUT2D eigenvalue weighted by Crippen LogP contribution is -2.42. The van der Waals surface area contributed by atoms with E-state index in [0.717, 1.165) is 38.4 Å². The molecule has 1 saturated carbocycles. The van der Waals surface area contributed by atoms with Crippen LogP contribution in [0.15, 0.2) is 0 Å². The number of carbonyl (C=O) groups is 1. The van der Waals surface area contributed by atoms with Crippen molar-refractivity contribution < 1.29 is 14.3 Å². The molecule has 0 bridgehead atoms. The summed E-state index contributed by atoms with van der Waals surface area (Å²) in [6.07, 6.45) is 6.89. The van der Waals surface area contributed by atoms with Gasteiger partial charge in [-0.25, -0.2) is 0 Å². The second kappa shape index (κ2) is 4.22. The minimum absolute atomic E-state index is 0.129. The Bertz CT molecular complexity index is 233. The van der Waals surface area contributed by atoms with Crippen molar-refractivity contribution in [2.24, 2.45) is 5.41 Å². The predicted molar refractivity (Wildman–Crippen MR) is 56.5 cm³/mol. The Morgan fingerprint density at radius 2 is 2.00 bits per heavy atom. The van der Waals surface area contributed by atoms with Gasteiger partial charge in [0.1, 0.15) is 6.29 Å². The molecule has 1 aliphatic heterocycles. The molecule has 3 heteroatoms. The topological polar surface area (TPSA) is 35.5 Å². The average Bonchev–Trinajstić information content (AvgIpc) is 2.67. The van der Waals surface area contributed by atoms with E-state index in [2.05, 4.69) is 6.92 Å².